The maximum absolute atomic E-state index is 12.0. The first kappa shape index (κ1) is 15.7. The lowest BCUT2D eigenvalue weighted by atomic mass is 9.74. The number of fused-ring (bicyclic) bond motifs is 7. The molecular weight excluding hydrogens is 402 g/mol. The molecule has 2 heterocycles. The first-order chi connectivity index (χ1) is 12.1. The summed E-state index contributed by atoms with van der Waals surface area (Å²) in [7, 11) is 0. The minimum atomic E-state index is -0.204. The molecular formula is C19H17BrClN3O. The predicted molar refractivity (Wildman–Crippen MR) is 104 cm³/mol. The number of benzene rings is 2. The monoisotopic (exact) mass is 417 g/mol. The summed E-state index contributed by atoms with van der Waals surface area (Å²) >= 11 is 10.2. The first-order valence-electron chi connectivity index (χ1n) is 8.57. The first-order valence-corrected chi connectivity index (χ1v) is 9.74. The fraction of sp³-hybridized carbons (Fsp3) is 0.316. The van der Waals surface area contributed by atoms with Gasteiger partial charge < -0.3 is 15.3 Å². The number of rotatable bonds is 0. The van der Waals surface area contributed by atoms with E-state index in [0.717, 1.165) is 31.3 Å². The molecule has 128 valence electrons. The molecule has 2 aromatic carbocycles. The molecule has 3 aromatic rings. The van der Waals surface area contributed by atoms with Gasteiger partial charge in [0.25, 0.3) is 0 Å². The Kier molecular flexibility index (Phi) is 3.59. The van der Waals surface area contributed by atoms with E-state index in [1.807, 2.05) is 6.07 Å². The average molecular weight is 419 g/mol. The van der Waals surface area contributed by atoms with E-state index in [9.17, 15) is 4.79 Å². The minimum Gasteiger partial charge on any atom is -0.313 e. The second kappa shape index (κ2) is 5.73. The quantitative estimate of drug-likeness (QED) is 0.519. The number of aromatic amines is 2. The van der Waals surface area contributed by atoms with Gasteiger partial charge in [-0.2, -0.15) is 0 Å². The fourth-order valence-electron chi connectivity index (χ4n) is 4.57. The second-order valence-corrected chi connectivity index (χ2v) is 8.16. The van der Waals surface area contributed by atoms with Gasteiger partial charge in [-0.1, -0.05) is 39.7 Å². The van der Waals surface area contributed by atoms with Crippen LogP contribution in [0.3, 0.4) is 0 Å². The van der Waals surface area contributed by atoms with Crippen molar-refractivity contribution in [1.29, 1.82) is 0 Å². The third-order valence-corrected chi connectivity index (χ3v) is 6.63. The van der Waals surface area contributed by atoms with Crippen molar-refractivity contribution in [2.75, 3.05) is 6.54 Å². The van der Waals surface area contributed by atoms with Crippen LogP contribution in [-0.4, -0.2) is 22.6 Å². The van der Waals surface area contributed by atoms with Gasteiger partial charge in [-0.15, -0.1) is 0 Å². The van der Waals surface area contributed by atoms with Gasteiger partial charge >= 0.3 is 5.69 Å². The van der Waals surface area contributed by atoms with Crippen molar-refractivity contribution in [3.63, 3.8) is 0 Å². The highest BCUT2D eigenvalue weighted by Crippen LogP contribution is 2.44. The predicted octanol–water partition coefficient (Wildman–Crippen LogP) is 3.86. The molecule has 0 bridgehead atoms. The Bertz CT molecular complexity index is 1050. The van der Waals surface area contributed by atoms with Gasteiger partial charge in [-0.05, 0) is 60.2 Å². The van der Waals surface area contributed by atoms with Gasteiger partial charge in [0.2, 0.25) is 0 Å². The summed E-state index contributed by atoms with van der Waals surface area (Å²) in [6, 6.07) is 8.83. The number of imidazole rings is 1. The Morgan fingerprint density at radius 3 is 2.88 bits per heavy atom. The van der Waals surface area contributed by atoms with Crippen LogP contribution in [0, 0.1) is 0 Å². The second-order valence-electron chi connectivity index (χ2n) is 6.89. The number of halogens is 2. The normalized spacial score (nSPS) is 22.2. The molecule has 0 fully saturated rings. The van der Waals surface area contributed by atoms with Crippen molar-refractivity contribution in [3.05, 3.63) is 66.5 Å². The van der Waals surface area contributed by atoms with Crippen LogP contribution >= 0.6 is 27.5 Å². The number of hydrogen-bond acceptors (Lipinski definition) is 2. The Labute approximate surface area is 158 Å². The van der Waals surface area contributed by atoms with Gasteiger partial charge in [0.05, 0.1) is 16.1 Å². The van der Waals surface area contributed by atoms with E-state index in [2.05, 4.69) is 49.4 Å². The summed E-state index contributed by atoms with van der Waals surface area (Å²) in [6.45, 7) is 0.925. The Morgan fingerprint density at radius 2 is 2.00 bits per heavy atom. The number of hydrogen-bond donors (Lipinski definition) is 3. The van der Waals surface area contributed by atoms with Gasteiger partial charge in [0, 0.05) is 16.4 Å². The molecule has 0 saturated heterocycles. The summed E-state index contributed by atoms with van der Waals surface area (Å²) in [5.41, 5.74) is 6.52. The largest absolute Gasteiger partial charge is 0.323 e. The molecule has 2 atom stereocenters. The molecule has 2 aliphatic rings. The number of H-pyrrole nitrogens is 2. The van der Waals surface area contributed by atoms with E-state index < -0.39 is 0 Å². The zero-order valence-electron chi connectivity index (χ0n) is 13.5. The van der Waals surface area contributed by atoms with Crippen molar-refractivity contribution in [1.82, 2.24) is 15.3 Å². The lowest BCUT2D eigenvalue weighted by Gasteiger charge is -2.34. The lowest BCUT2D eigenvalue weighted by Crippen LogP contribution is -2.38. The van der Waals surface area contributed by atoms with E-state index in [1.165, 1.54) is 26.7 Å². The average Bonchev–Trinajstić information content (AvgIpc) is 2.88. The van der Waals surface area contributed by atoms with Crippen LogP contribution in [0.25, 0.3) is 11.0 Å². The van der Waals surface area contributed by atoms with Gasteiger partial charge in [-0.3, -0.25) is 0 Å². The number of aromatic nitrogens is 2. The van der Waals surface area contributed by atoms with E-state index in [0.29, 0.717) is 16.6 Å². The van der Waals surface area contributed by atoms with Gasteiger partial charge in [0.1, 0.15) is 0 Å². The number of nitrogens with one attached hydrogen (secondary N) is 3. The Morgan fingerprint density at radius 1 is 1.16 bits per heavy atom. The van der Waals surface area contributed by atoms with Crippen molar-refractivity contribution in [3.8, 4) is 0 Å². The highest BCUT2D eigenvalue weighted by molar-refractivity contribution is 9.10. The van der Waals surface area contributed by atoms with Crippen LogP contribution in [0.5, 0.6) is 0 Å². The molecule has 0 unspecified atom stereocenters. The fourth-order valence-corrected chi connectivity index (χ4v) is 5.43. The molecule has 1 aliphatic carbocycles. The summed E-state index contributed by atoms with van der Waals surface area (Å²) < 4.78 is 1.17. The van der Waals surface area contributed by atoms with Crippen molar-refractivity contribution in [2.24, 2.45) is 0 Å². The summed E-state index contributed by atoms with van der Waals surface area (Å²) in [4.78, 5) is 17.8. The summed E-state index contributed by atoms with van der Waals surface area (Å²) in [5.74, 6) is 0.213. The molecule has 5 rings (SSSR count). The smallest absolute Gasteiger partial charge is 0.313 e. The van der Waals surface area contributed by atoms with Crippen molar-refractivity contribution in [2.45, 2.75) is 31.2 Å². The minimum absolute atomic E-state index is 0.204. The molecule has 1 aromatic heterocycles. The summed E-state index contributed by atoms with van der Waals surface area (Å²) in [6.07, 6.45) is 3.05. The van der Waals surface area contributed by atoms with Crippen LogP contribution < -0.4 is 11.0 Å². The highest BCUT2D eigenvalue weighted by atomic mass is 79.9. The summed E-state index contributed by atoms with van der Waals surface area (Å²) in [5, 5.41) is 4.33. The molecule has 0 saturated carbocycles. The molecule has 6 heteroatoms. The third kappa shape index (κ3) is 2.33. The third-order valence-electron chi connectivity index (χ3n) is 5.59. The van der Waals surface area contributed by atoms with E-state index in [-0.39, 0.29) is 11.6 Å². The molecule has 25 heavy (non-hydrogen) atoms. The van der Waals surface area contributed by atoms with Crippen LogP contribution in [0.15, 0.2) is 33.5 Å². The molecule has 4 nitrogen and oxygen atoms in total. The van der Waals surface area contributed by atoms with Crippen LogP contribution in [0.2, 0.25) is 5.02 Å². The Hall–Kier alpha value is -1.56. The molecule has 1 aliphatic heterocycles. The maximum atomic E-state index is 12.0. The topological polar surface area (TPSA) is 60.7 Å². The van der Waals surface area contributed by atoms with Crippen LogP contribution in [0.1, 0.15) is 34.6 Å². The standard InChI is InChI=1S/C19H17BrClN3O/c20-12-3-1-2-11-10(12)4-5-14-16(11)15-9(6-7-22-14)8-13(21)17-18(15)24-19(25)23-17/h1-3,8,14,16,22H,4-7H2,(H2,23,24,25)/t14-,16-/m0/s1. The van der Waals surface area contributed by atoms with E-state index in [4.69, 9.17) is 11.6 Å². The van der Waals surface area contributed by atoms with Crippen LogP contribution in [-0.2, 0) is 12.8 Å². The van der Waals surface area contributed by atoms with Crippen molar-refractivity contribution >= 4 is 38.6 Å². The zero-order valence-corrected chi connectivity index (χ0v) is 15.8. The Balaban J connectivity index is 1.86. The van der Waals surface area contributed by atoms with Gasteiger partial charge in [0.15, 0.2) is 0 Å². The molecule has 0 amide bonds. The van der Waals surface area contributed by atoms with Crippen molar-refractivity contribution < 1.29 is 0 Å². The van der Waals surface area contributed by atoms with Crippen LogP contribution in [0.4, 0.5) is 0 Å². The van der Waals surface area contributed by atoms with E-state index in [1.54, 1.807) is 0 Å². The molecule has 0 radical (unpaired) electrons. The maximum Gasteiger partial charge on any atom is 0.323 e. The molecule has 3 N–H and O–H groups in total. The SMILES string of the molecule is O=c1[nH]c2c(Cl)cc3c(c2[nH]1)[C@H]1c2cccc(Br)c2CC[C@@H]1NCC3. The molecule has 0 spiro atoms. The highest BCUT2D eigenvalue weighted by Gasteiger charge is 2.36. The zero-order chi connectivity index (χ0) is 17.1. The lowest BCUT2D eigenvalue weighted by molar-refractivity contribution is 0.434. The van der Waals surface area contributed by atoms with E-state index >= 15 is 0 Å². The van der Waals surface area contributed by atoms with Gasteiger partial charge in [-0.25, -0.2) is 4.79 Å².